The number of likely N-dealkylation sites (tertiary alicyclic amines) is 1. The SMILES string of the molecule is CCOc1cc(N2CCOCC2)ccc1CN1CCC2(CCCCNC(=O)c3ccccc3OCCNC2=O)CC1. The average molecular weight is 565 g/mol. The molecule has 0 atom stereocenters. The summed E-state index contributed by atoms with van der Waals surface area (Å²) in [4.78, 5) is 31.0. The van der Waals surface area contributed by atoms with Gasteiger partial charge in [-0.25, -0.2) is 0 Å². The Bertz CT molecular complexity index is 1170. The zero-order valence-corrected chi connectivity index (χ0v) is 24.3. The third-order valence-electron chi connectivity index (χ3n) is 8.56. The Kier molecular flexibility index (Phi) is 10.0. The van der Waals surface area contributed by atoms with Crippen molar-refractivity contribution in [2.45, 2.75) is 45.6 Å². The van der Waals surface area contributed by atoms with Crippen molar-refractivity contribution in [3.8, 4) is 11.5 Å². The Balaban J connectivity index is 1.21. The Labute approximate surface area is 243 Å². The highest BCUT2D eigenvalue weighted by Gasteiger charge is 2.40. The second-order valence-corrected chi connectivity index (χ2v) is 11.2. The van der Waals surface area contributed by atoms with Crippen LogP contribution < -0.4 is 25.0 Å². The molecule has 0 saturated carbocycles. The summed E-state index contributed by atoms with van der Waals surface area (Å²) in [6.07, 6.45) is 4.16. The predicted octanol–water partition coefficient (Wildman–Crippen LogP) is 3.61. The van der Waals surface area contributed by atoms with Crippen molar-refractivity contribution in [2.75, 3.05) is 70.6 Å². The van der Waals surface area contributed by atoms with E-state index in [1.165, 1.54) is 11.3 Å². The molecule has 0 aromatic heterocycles. The summed E-state index contributed by atoms with van der Waals surface area (Å²) in [5, 5.41) is 6.17. The van der Waals surface area contributed by atoms with Crippen LogP contribution in [0.2, 0.25) is 0 Å². The number of hydrogen-bond donors (Lipinski definition) is 2. The van der Waals surface area contributed by atoms with Crippen molar-refractivity contribution in [3.63, 3.8) is 0 Å². The van der Waals surface area contributed by atoms with Crippen LogP contribution in [0.4, 0.5) is 5.69 Å². The molecule has 9 heteroatoms. The summed E-state index contributed by atoms with van der Waals surface area (Å²) in [5.41, 5.74) is 2.50. The van der Waals surface area contributed by atoms with Crippen LogP contribution in [-0.2, 0) is 16.1 Å². The van der Waals surface area contributed by atoms with E-state index in [9.17, 15) is 9.59 Å². The molecule has 5 rings (SSSR count). The van der Waals surface area contributed by atoms with E-state index in [4.69, 9.17) is 14.2 Å². The summed E-state index contributed by atoms with van der Waals surface area (Å²) in [7, 11) is 0. The minimum atomic E-state index is -0.397. The number of rotatable bonds is 5. The van der Waals surface area contributed by atoms with Gasteiger partial charge in [0.25, 0.3) is 5.91 Å². The van der Waals surface area contributed by atoms with Gasteiger partial charge in [0.2, 0.25) is 5.91 Å². The number of morpholine rings is 1. The number of para-hydroxylation sites is 1. The van der Waals surface area contributed by atoms with Crippen LogP contribution >= 0.6 is 0 Å². The summed E-state index contributed by atoms with van der Waals surface area (Å²) >= 11 is 0. The first-order chi connectivity index (χ1) is 20.1. The Morgan fingerprint density at radius 1 is 0.902 bits per heavy atom. The lowest BCUT2D eigenvalue weighted by Gasteiger charge is -2.41. The van der Waals surface area contributed by atoms with E-state index in [2.05, 4.69) is 38.6 Å². The first-order valence-electron chi connectivity index (χ1n) is 15.2. The molecule has 3 heterocycles. The van der Waals surface area contributed by atoms with Gasteiger partial charge in [-0.2, -0.15) is 0 Å². The highest BCUT2D eigenvalue weighted by atomic mass is 16.5. The summed E-state index contributed by atoms with van der Waals surface area (Å²) in [6.45, 7) is 9.76. The molecule has 2 amide bonds. The molecule has 222 valence electrons. The van der Waals surface area contributed by atoms with E-state index in [0.29, 0.717) is 37.6 Å². The van der Waals surface area contributed by atoms with Crippen molar-refractivity contribution < 1.29 is 23.8 Å². The van der Waals surface area contributed by atoms with Crippen LogP contribution in [0.15, 0.2) is 42.5 Å². The maximum absolute atomic E-state index is 13.6. The smallest absolute Gasteiger partial charge is 0.255 e. The van der Waals surface area contributed by atoms with Crippen LogP contribution in [0.1, 0.15) is 54.9 Å². The van der Waals surface area contributed by atoms with E-state index in [1.54, 1.807) is 12.1 Å². The third-order valence-corrected chi connectivity index (χ3v) is 8.56. The number of amides is 2. The number of carbonyl (C=O) groups is 2. The van der Waals surface area contributed by atoms with Crippen LogP contribution in [0.25, 0.3) is 0 Å². The number of benzene rings is 2. The molecular weight excluding hydrogens is 520 g/mol. The van der Waals surface area contributed by atoms with Crippen molar-refractivity contribution in [2.24, 2.45) is 5.41 Å². The topological polar surface area (TPSA) is 92.4 Å². The second kappa shape index (κ2) is 14.0. The Morgan fingerprint density at radius 3 is 2.51 bits per heavy atom. The fraction of sp³-hybridized carbons (Fsp3) is 0.562. The molecule has 9 nitrogen and oxygen atoms in total. The number of piperidine rings is 1. The van der Waals surface area contributed by atoms with Gasteiger partial charge in [-0.3, -0.25) is 14.5 Å². The molecule has 2 saturated heterocycles. The Morgan fingerprint density at radius 2 is 1.71 bits per heavy atom. The highest BCUT2D eigenvalue weighted by Crippen LogP contribution is 2.38. The number of anilines is 1. The van der Waals surface area contributed by atoms with Crippen LogP contribution in [-0.4, -0.2) is 82.4 Å². The number of carbonyl (C=O) groups excluding carboxylic acids is 2. The Hall–Kier alpha value is -3.30. The molecular formula is C32H44N4O5. The molecule has 3 aliphatic rings. The molecule has 0 bridgehead atoms. The third kappa shape index (κ3) is 7.32. The molecule has 2 fully saturated rings. The lowest BCUT2D eigenvalue weighted by atomic mass is 9.73. The maximum Gasteiger partial charge on any atom is 0.255 e. The predicted molar refractivity (Wildman–Crippen MR) is 159 cm³/mol. The number of nitrogens with zero attached hydrogens (tertiary/aromatic N) is 2. The first-order valence-corrected chi connectivity index (χ1v) is 15.2. The van der Waals surface area contributed by atoms with Crippen LogP contribution in [0, 0.1) is 5.41 Å². The summed E-state index contributed by atoms with van der Waals surface area (Å²) in [6, 6.07) is 13.8. The van der Waals surface area contributed by atoms with Crippen LogP contribution in [0.3, 0.4) is 0 Å². The summed E-state index contributed by atoms with van der Waals surface area (Å²) < 4.78 is 17.5. The lowest BCUT2D eigenvalue weighted by molar-refractivity contribution is -0.134. The number of nitrogens with one attached hydrogen (secondary N) is 2. The zero-order chi connectivity index (χ0) is 28.5. The van der Waals surface area contributed by atoms with Gasteiger partial charge in [0, 0.05) is 43.5 Å². The van der Waals surface area contributed by atoms with Crippen LogP contribution in [0.5, 0.6) is 11.5 Å². The molecule has 41 heavy (non-hydrogen) atoms. The van der Waals surface area contributed by atoms with E-state index in [-0.39, 0.29) is 11.8 Å². The number of ether oxygens (including phenoxy) is 3. The maximum atomic E-state index is 13.6. The molecule has 3 aliphatic heterocycles. The quantitative estimate of drug-likeness (QED) is 0.573. The standard InChI is InChI=1S/C32H44N4O5/c1-2-40-29-23-26(36-18-21-39-22-19-36)10-9-25(29)24-35-16-12-32(13-17-35)11-5-6-14-33-30(37)27-7-3-4-8-28(27)41-20-15-34-31(32)38/h3-4,7-10,23H,2,5-6,11-22,24H2,1H3,(H,33,37)(H,34,38). The lowest BCUT2D eigenvalue weighted by Crippen LogP contribution is -2.49. The van der Waals surface area contributed by atoms with Gasteiger partial charge in [0.15, 0.2) is 0 Å². The van der Waals surface area contributed by atoms with E-state index < -0.39 is 5.41 Å². The van der Waals surface area contributed by atoms with Gasteiger partial charge in [-0.1, -0.05) is 24.6 Å². The van der Waals surface area contributed by atoms with E-state index in [0.717, 1.165) is 83.8 Å². The normalized spacial score (nSPS) is 20.8. The molecule has 0 aliphatic carbocycles. The average Bonchev–Trinajstić information content (AvgIpc) is 3.01. The fourth-order valence-corrected chi connectivity index (χ4v) is 6.13. The van der Waals surface area contributed by atoms with Gasteiger partial charge in [0.1, 0.15) is 18.1 Å². The molecule has 2 N–H and O–H groups in total. The van der Waals surface area contributed by atoms with Crippen molar-refractivity contribution >= 4 is 17.5 Å². The minimum Gasteiger partial charge on any atom is -0.493 e. The molecule has 2 aromatic carbocycles. The van der Waals surface area contributed by atoms with Gasteiger partial charge in [-0.05, 0) is 63.9 Å². The minimum absolute atomic E-state index is 0.117. The van der Waals surface area contributed by atoms with Gasteiger partial charge < -0.3 is 29.7 Å². The zero-order valence-electron chi connectivity index (χ0n) is 24.3. The van der Waals surface area contributed by atoms with Gasteiger partial charge in [-0.15, -0.1) is 0 Å². The monoisotopic (exact) mass is 564 g/mol. The van der Waals surface area contributed by atoms with Gasteiger partial charge >= 0.3 is 0 Å². The summed E-state index contributed by atoms with van der Waals surface area (Å²) in [5.74, 6) is 1.49. The van der Waals surface area contributed by atoms with E-state index >= 15 is 0 Å². The molecule has 0 unspecified atom stereocenters. The number of hydrogen-bond acceptors (Lipinski definition) is 7. The number of fused-ring (bicyclic) bond motifs is 1. The largest absolute Gasteiger partial charge is 0.493 e. The van der Waals surface area contributed by atoms with Crippen molar-refractivity contribution in [3.05, 3.63) is 53.6 Å². The highest BCUT2D eigenvalue weighted by molar-refractivity contribution is 5.96. The van der Waals surface area contributed by atoms with Gasteiger partial charge in [0.05, 0.1) is 37.3 Å². The molecule has 0 radical (unpaired) electrons. The second-order valence-electron chi connectivity index (χ2n) is 11.2. The molecule has 2 aromatic rings. The molecule has 1 spiro atoms. The van der Waals surface area contributed by atoms with Crippen molar-refractivity contribution in [1.82, 2.24) is 15.5 Å². The fourth-order valence-electron chi connectivity index (χ4n) is 6.13. The first kappa shape index (κ1) is 29.2. The van der Waals surface area contributed by atoms with Crippen molar-refractivity contribution in [1.29, 1.82) is 0 Å². The van der Waals surface area contributed by atoms with E-state index in [1.807, 2.05) is 19.1 Å².